The third kappa shape index (κ3) is 3.46. The number of carbonyl (C=O) groups excluding carboxylic acids is 1. The molecule has 0 atom stereocenters. The molecule has 2 heterocycles. The van der Waals surface area contributed by atoms with Gasteiger partial charge in [-0.15, -0.1) is 17.8 Å². The van der Waals surface area contributed by atoms with Crippen molar-refractivity contribution in [3.05, 3.63) is 46.3 Å². The minimum Gasteiger partial charge on any atom is -0.348 e. The van der Waals surface area contributed by atoms with Gasteiger partial charge in [0.15, 0.2) is 0 Å². The Morgan fingerprint density at radius 1 is 1.45 bits per heavy atom. The molecular weight excluding hydrogens is 294 g/mol. The van der Waals surface area contributed by atoms with Crippen molar-refractivity contribution >= 4 is 23.1 Å². The number of pyridine rings is 1. The summed E-state index contributed by atoms with van der Waals surface area (Å²) in [5.74, 6) is 3.12. The fourth-order valence-electron chi connectivity index (χ4n) is 2.28. The molecule has 1 fully saturated rings. The maximum atomic E-state index is 11.8. The average Bonchev–Trinajstić information content (AvgIpc) is 3.26. The fraction of sp³-hybridized carbons (Fsp3) is 0.294. The Morgan fingerprint density at radius 3 is 2.91 bits per heavy atom. The lowest BCUT2D eigenvalue weighted by Crippen LogP contribution is -2.26. The topological polar surface area (TPSA) is 45.2 Å². The zero-order valence-corrected chi connectivity index (χ0v) is 13.0. The van der Waals surface area contributed by atoms with Gasteiger partial charge in [-0.3, -0.25) is 4.79 Å². The smallest absolute Gasteiger partial charge is 0.253 e. The van der Waals surface area contributed by atoms with E-state index in [1.807, 2.05) is 6.07 Å². The second kappa shape index (κ2) is 6.63. The minimum absolute atomic E-state index is 0.187. The maximum absolute atomic E-state index is 11.8. The number of nitrogens with zero attached hydrogens (tertiary/aromatic N) is 2. The lowest BCUT2D eigenvalue weighted by Gasteiger charge is -2.23. The maximum Gasteiger partial charge on any atom is 0.253 e. The van der Waals surface area contributed by atoms with Gasteiger partial charge in [-0.25, -0.2) is 4.98 Å². The number of thiophene rings is 1. The summed E-state index contributed by atoms with van der Waals surface area (Å²) in [5.41, 5.74) is 0.533. The minimum atomic E-state index is -0.187. The highest BCUT2D eigenvalue weighted by molar-refractivity contribution is 7.09. The molecule has 0 aromatic carbocycles. The standard InChI is InChI=1S/C17H17N3OS/c1-2-9-18-17(21)13-5-8-16(19-11-13)20(14-6-7-14)12-15-4-3-10-22-15/h1,3-5,8,10-11,14H,6-7,9,12H2,(H,18,21). The van der Waals surface area contributed by atoms with Gasteiger partial charge < -0.3 is 10.2 Å². The Morgan fingerprint density at radius 2 is 2.32 bits per heavy atom. The first-order valence-corrected chi connectivity index (χ1v) is 8.12. The van der Waals surface area contributed by atoms with Crippen LogP contribution in [0.3, 0.4) is 0 Å². The van der Waals surface area contributed by atoms with Crippen LogP contribution in [-0.2, 0) is 6.54 Å². The largest absolute Gasteiger partial charge is 0.348 e. The first-order chi connectivity index (χ1) is 10.8. The highest BCUT2D eigenvalue weighted by Crippen LogP contribution is 2.32. The molecule has 0 bridgehead atoms. The number of terminal acetylenes is 1. The highest BCUT2D eigenvalue weighted by Gasteiger charge is 2.30. The molecule has 0 spiro atoms. The zero-order chi connectivity index (χ0) is 15.4. The summed E-state index contributed by atoms with van der Waals surface area (Å²) in [4.78, 5) is 19.9. The summed E-state index contributed by atoms with van der Waals surface area (Å²) in [7, 11) is 0. The Hall–Kier alpha value is -2.32. The monoisotopic (exact) mass is 311 g/mol. The first-order valence-electron chi connectivity index (χ1n) is 7.24. The van der Waals surface area contributed by atoms with Crippen molar-refractivity contribution in [3.8, 4) is 12.3 Å². The van der Waals surface area contributed by atoms with Crippen LogP contribution in [-0.4, -0.2) is 23.5 Å². The van der Waals surface area contributed by atoms with Gasteiger partial charge in [0.1, 0.15) is 5.82 Å². The summed E-state index contributed by atoms with van der Waals surface area (Å²) in [6.45, 7) is 1.10. The number of carbonyl (C=O) groups is 1. The van der Waals surface area contributed by atoms with E-state index in [4.69, 9.17) is 6.42 Å². The molecule has 1 aliphatic carbocycles. The molecule has 0 saturated heterocycles. The van der Waals surface area contributed by atoms with Crippen LogP contribution in [0.5, 0.6) is 0 Å². The predicted molar refractivity (Wildman–Crippen MR) is 88.9 cm³/mol. The van der Waals surface area contributed by atoms with Gasteiger partial charge in [0.25, 0.3) is 5.91 Å². The highest BCUT2D eigenvalue weighted by atomic mass is 32.1. The third-order valence-corrected chi connectivity index (χ3v) is 4.41. The molecular formula is C17H17N3OS. The summed E-state index contributed by atoms with van der Waals surface area (Å²) in [6.07, 6.45) is 9.17. The average molecular weight is 311 g/mol. The van der Waals surface area contributed by atoms with E-state index in [-0.39, 0.29) is 12.5 Å². The van der Waals surface area contributed by atoms with E-state index in [9.17, 15) is 4.79 Å². The number of hydrogen-bond acceptors (Lipinski definition) is 4. The Bertz CT molecular complexity index is 669. The van der Waals surface area contributed by atoms with Crippen molar-refractivity contribution in [1.29, 1.82) is 0 Å². The molecule has 0 radical (unpaired) electrons. The lowest BCUT2D eigenvalue weighted by atomic mass is 10.2. The van der Waals surface area contributed by atoms with Crippen LogP contribution in [0.15, 0.2) is 35.8 Å². The van der Waals surface area contributed by atoms with Gasteiger partial charge in [-0.1, -0.05) is 12.0 Å². The first kappa shape index (κ1) is 14.6. The van der Waals surface area contributed by atoms with Gasteiger partial charge in [0.05, 0.1) is 18.7 Å². The van der Waals surface area contributed by atoms with Crippen molar-refractivity contribution in [2.45, 2.75) is 25.4 Å². The number of aromatic nitrogens is 1. The summed E-state index contributed by atoms with van der Waals surface area (Å²) < 4.78 is 0. The van der Waals surface area contributed by atoms with Gasteiger partial charge in [-0.2, -0.15) is 0 Å². The molecule has 2 aromatic heterocycles. The Balaban J connectivity index is 1.72. The number of amides is 1. The van der Waals surface area contributed by atoms with E-state index in [0.717, 1.165) is 12.4 Å². The van der Waals surface area contributed by atoms with Gasteiger partial charge in [0.2, 0.25) is 0 Å². The van der Waals surface area contributed by atoms with Crippen LogP contribution < -0.4 is 10.2 Å². The second-order valence-corrected chi connectivity index (χ2v) is 6.26. The van der Waals surface area contributed by atoms with E-state index >= 15 is 0 Å². The van der Waals surface area contributed by atoms with E-state index in [1.54, 1.807) is 23.6 Å². The van der Waals surface area contributed by atoms with Crippen molar-refractivity contribution in [2.24, 2.45) is 0 Å². The SMILES string of the molecule is C#CCNC(=O)c1ccc(N(Cc2cccs2)C2CC2)nc1. The quantitative estimate of drug-likeness (QED) is 0.834. The number of hydrogen-bond donors (Lipinski definition) is 1. The van der Waals surface area contributed by atoms with Gasteiger partial charge in [0, 0.05) is 17.1 Å². The molecule has 4 nitrogen and oxygen atoms in total. The molecule has 5 heteroatoms. The van der Waals surface area contributed by atoms with Crippen LogP contribution in [0.1, 0.15) is 28.1 Å². The van der Waals surface area contributed by atoms with E-state index in [2.05, 4.69) is 38.6 Å². The van der Waals surface area contributed by atoms with E-state index in [0.29, 0.717) is 11.6 Å². The molecule has 1 aliphatic rings. The lowest BCUT2D eigenvalue weighted by molar-refractivity contribution is 0.0958. The molecule has 0 unspecified atom stereocenters. The molecule has 2 aromatic rings. The molecule has 1 N–H and O–H groups in total. The predicted octanol–water partition coefficient (Wildman–Crippen LogP) is 2.68. The van der Waals surface area contributed by atoms with Crippen molar-refractivity contribution in [2.75, 3.05) is 11.4 Å². The van der Waals surface area contributed by atoms with Gasteiger partial charge >= 0.3 is 0 Å². The summed E-state index contributed by atoms with van der Waals surface area (Å²) >= 11 is 1.76. The molecule has 1 saturated carbocycles. The Labute approximate surface area is 134 Å². The second-order valence-electron chi connectivity index (χ2n) is 5.23. The van der Waals surface area contributed by atoms with E-state index in [1.165, 1.54) is 17.7 Å². The van der Waals surface area contributed by atoms with Crippen molar-refractivity contribution in [3.63, 3.8) is 0 Å². The number of rotatable bonds is 6. The summed E-state index contributed by atoms with van der Waals surface area (Å²) in [6, 6.07) is 8.49. The molecule has 22 heavy (non-hydrogen) atoms. The normalized spacial score (nSPS) is 13.4. The zero-order valence-electron chi connectivity index (χ0n) is 12.2. The third-order valence-electron chi connectivity index (χ3n) is 3.55. The van der Waals surface area contributed by atoms with Crippen LogP contribution in [0.2, 0.25) is 0 Å². The van der Waals surface area contributed by atoms with Crippen molar-refractivity contribution < 1.29 is 4.79 Å². The van der Waals surface area contributed by atoms with E-state index < -0.39 is 0 Å². The van der Waals surface area contributed by atoms with Crippen LogP contribution >= 0.6 is 11.3 Å². The summed E-state index contributed by atoms with van der Waals surface area (Å²) in [5, 5.41) is 4.73. The van der Waals surface area contributed by atoms with Crippen molar-refractivity contribution in [1.82, 2.24) is 10.3 Å². The van der Waals surface area contributed by atoms with Crippen LogP contribution in [0.25, 0.3) is 0 Å². The Kier molecular flexibility index (Phi) is 4.40. The van der Waals surface area contributed by atoms with Crippen LogP contribution in [0.4, 0.5) is 5.82 Å². The molecule has 1 amide bonds. The molecule has 0 aliphatic heterocycles. The fourth-order valence-corrected chi connectivity index (χ4v) is 2.98. The van der Waals surface area contributed by atoms with Crippen LogP contribution in [0, 0.1) is 12.3 Å². The van der Waals surface area contributed by atoms with Gasteiger partial charge in [-0.05, 0) is 36.4 Å². The molecule has 3 rings (SSSR count). The molecule has 112 valence electrons. The number of anilines is 1. The number of nitrogens with one attached hydrogen (secondary N) is 1.